The van der Waals surface area contributed by atoms with Gasteiger partial charge in [-0.25, -0.2) is 0 Å². The monoisotopic (exact) mass is 633 g/mol. The van der Waals surface area contributed by atoms with Gasteiger partial charge < -0.3 is 4.42 Å². The van der Waals surface area contributed by atoms with Crippen molar-refractivity contribution in [3.05, 3.63) is 182 Å². The molecule has 1 heteroatoms. The van der Waals surface area contributed by atoms with Crippen molar-refractivity contribution in [1.82, 2.24) is 0 Å². The van der Waals surface area contributed by atoms with Crippen LogP contribution in [0.1, 0.15) is 15.1 Å². The number of hydrogen-bond donors (Lipinski definition) is 0. The highest BCUT2D eigenvalue weighted by atomic mass is 16.3. The van der Waals surface area contributed by atoms with Gasteiger partial charge in [0.2, 0.25) is 0 Å². The van der Waals surface area contributed by atoms with Crippen LogP contribution < -0.4 is 0 Å². The molecule has 9 aromatic carbocycles. The van der Waals surface area contributed by atoms with Crippen molar-refractivity contribution in [3.63, 3.8) is 0 Å². The topological polar surface area (TPSA) is 13.1 Å². The van der Waals surface area contributed by atoms with Crippen molar-refractivity contribution in [2.45, 2.75) is 0 Å². The van der Waals surface area contributed by atoms with Crippen LogP contribution in [0.2, 0.25) is 0 Å². The minimum atomic E-state index is -0.656. The van der Waals surface area contributed by atoms with Gasteiger partial charge in [-0.2, -0.15) is 0 Å². The first-order chi connectivity index (χ1) is 28.9. The summed E-state index contributed by atoms with van der Waals surface area (Å²) >= 11 is 0. The van der Waals surface area contributed by atoms with Gasteiger partial charge >= 0.3 is 0 Å². The number of hydrogen-bond acceptors (Lipinski definition) is 1. The van der Waals surface area contributed by atoms with Gasteiger partial charge in [-0.05, 0) is 107 Å². The lowest BCUT2D eigenvalue weighted by Crippen LogP contribution is -1.93. The maximum absolute atomic E-state index is 9.53. The highest BCUT2D eigenvalue weighted by Crippen LogP contribution is 2.48. The predicted molar refractivity (Wildman–Crippen MR) is 208 cm³/mol. The molecule has 0 N–H and O–H groups in total. The van der Waals surface area contributed by atoms with E-state index in [2.05, 4.69) is 36.4 Å². The second-order valence-corrected chi connectivity index (χ2v) is 12.0. The summed E-state index contributed by atoms with van der Waals surface area (Å²) in [6.07, 6.45) is 0. The third-order valence-corrected chi connectivity index (χ3v) is 9.24. The summed E-state index contributed by atoms with van der Waals surface area (Å²) in [6, 6.07) is 32.4. The zero-order valence-electron chi connectivity index (χ0n) is 36.9. The number of fused-ring (bicyclic) bond motifs is 6. The first-order valence-corrected chi connectivity index (χ1v) is 16.0. The molecule has 1 aromatic heterocycles. The average molecular weight is 634 g/mol. The van der Waals surface area contributed by atoms with Crippen molar-refractivity contribution < 1.29 is 19.5 Å². The van der Waals surface area contributed by atoms with E-state index in [1.54, 1.807) is 0 Å². The fourth-order valence-electron chi connectivity index (χ4n) is 7.14. The first-order valence-electron chi connectivity index (χ1n) is 21.5. The molecular formula is C48H30O. The van der Waals surface area contributed by atoms with Crippen molar-refractivity contribution >= 4 is 54.3 Å². The Morgan fingerprint density at radius 3 is 1.73 bits per heavy atom. The SMILES string of the molecule is [2H]c1c([2H])c([2H])c(-c2c([2H])c([2H])c3c(oc4c([2H])c([2H])c([2H])c(-c5c6ccccc6c(-c6cc(-c7ccccc7)cc7ccccc67)c6ccccc56)c43)c2[2H])c([2H])c1[2H]. The summed E-state index contributed by atoms with van der Waals surface area (Å²) in [5.41, 5.74) is 3.54. The van der Waals surface area contributed by atoms with Crippen molar-refractivity contribution in [2.24, 2.45) is 0 Å². The summed E-state index contributed by atoms with van der Waals surface area (Å²) in [6.45, 7) is 0. The van der Waals surface area contributed by atoms with Crippen molar-refractivity contribution in [3.8, 4) is 44.5 Å². The lowest BCUT2D eigenvalue weighted by Gasteiger charge is -2.20. The zero-order chi connectivity index (χ0) is 41.9. The summed E-state index contributed by atoms with van der Waals surface area (Å²) in [5.74, 6) is 0. The van der Waals surface area contributed by atoms with Crippen molar-refractivity contribution in [1.29, 1.82) is 0 Å². The summed E-state index contributed by atoms with van der Waals surface area (Å²) < 4.78 is 104. The first kappa shape index (κ1) is 18.8. The zero-order valence-corrected chi connectivity index (χ0v) is 25.9. The van der Waals surface area contributed by atoms with E-state index in [4.69, 9.17) is 14.0 Å². The molecule has 0 amide bonds. The van der Waals surface area contributed by atoms with Gasteiger partial charge in [0, 0.05) is 10.8 Å². The van der Waals surface area contributed by atoms with Gasteiger partial charge in [-0.1, -0.05) is 151 Å². The van der Waals surface area contributed by atoms with Crippen LogP contribution in [0, 0.1) is 0 Å². The van der Waals surface area contributed by atoms with E-state index in [1.807, 2.05) is 78.9 Å². The summed E-state index contributed by atoms with van der Waals surface area (Å²) in [4.78, 5) is 0. The minimum Gasteiger partial charge on any atom is -0.456 e. The fraction of sp³-hybridized carbons (Fsp3) is 0. The molecule has 49 heavy (non-hydrogen) atoms. The van der Waals surface area contributed by atoms with Crippen LogP contribution in [0.4, 0.5) is 0 Å². The molecule has 0 bridgehead atoms. The van der Waals surface area contributed by atoms with Gasteiger partial charge in [0.05, 0.1) is 15.1 Å². The Kier molecular flexibility index (Phi) is 4.25. The molecule has 1 nitrogen and oxygen atoms in total. The van der Waals surface area contributed by atoms with Gasteiger partial charge in [0.1, 0.15) is 11.2 Å². The normalized spacial score (nSPS) is 14.8. The summed E-state index contributed by atoms with van der Waals surface area (Å²) in [7, 11) is 0. The molecule has 0 saturated heterocycles. The Bertz CT molecular complexity index is 3420. The van der Waals surface area contributed by atoms with Crippen LogP contribution in [-0.2, 0) is 0 Å². The third-order valence-electron chi connectivity index (χ3n) is 9.24. The quantitative estimate of drug-likeness (QED) is 0.176. The van der Waals surface area contributed by atoms with Crippen LogP contribution in [0.5, 0.6) is 0 Å². The van der Waals surface area contributed by atoms with Gasteiger partial charge in [-0.3, -0.25) is 0 Å². The molecule has 0 fully saturated rings. The molecule has 1 heterocycles. The maximum atomic E-state index is 9.53. The molecule has 0 aliphatic heterocycles. The minimum absolute atomic E-state index is 0.0492. The predicted octanol–water partition coefficient (Wildman–Crippen LogP) is 13.7. The lowest BCUT2D eigenvalue weighted by atomic mass is 9.83. The Morgan fingerprint density at radius 1 is 0.388 bits per heavy atom. The fourth-order valence-corrected chi connectivity index (χ4v) is 7.14. The molecule has 0 saturated carbocycles. The van der Waals surface area contributed by atoms with Crippen LogP contribution in [0.3, 0.4) is 0 Å². The lowest BCUT2D eigenvalue weighted by molar-refractivity contribution is 0.669. The van der Waals surface area contributed by atoms with E-state index in [9.17, 15) is 5.48 Å². The van der Waals surface area contributed by atoms with Crippen LogP contribution >= 0.6 is 0 Å². The van der Waals surface area contributed by atoms with Gasteiger partial charge in [0.15, 0.2) is 0 Å². The second-order valence-electron chi connectivity index (χ2n) is 12.0. The molecule has 10 aromatic rings. The molecule has 0 atom stereocenters. The molecular weight excluding hydrogens is 593 g/mol. The summed E-state index contributed by atoms with van der Waals surface area (Å²) in [5, 5.41) is 5.29. The van der Waals surface area contributed by atoms with E-state index in [0.717, 1.165) is 54.6 Å². The Balaban J connectivity index is 1.36. The molecule has 0 radical (unpaired) electrons. The third kappa shape index (κ3) is 4.40. The molecule has 0 aliphatic rings. The maximum Gasteiger partial charge on any atom is 0.136 e. The number of furan rings is 1. The Labute approximate surface area is 299 Å². The smallest absolute Gasteiger partial charge is 0.136 e. The van der Waals surface area contributed by atoms with Crippen LogP contribution in [0.15, 0.2) is 186 Å². The molecule has 10 rings (SSSR count). The standard InChI is InChI=1S/C48H30O/c1-3-14-31(15-4-1)33-26-27-41-45(30-33)49-44-25-13-24-42(48(41)44)46-37-20-9-11-22-39(37)47(40-23-12-10-21-38(40)46)43-29-35(32-16-5-2-6-17-32)28-34-18-7-8-19-36(34)43/h1-30H/i1D,3D,4D,13D,14D,15D,24D,25D,26D,27D,30D. The largest absolute Gasteiger partial charge is 0.456 e. The highest BCUT2D eigenvalue weighted by molar-refractivity contribution is 6.27. The second kappa shape index (κ2) is 11.1. The van der Waals surface area contributed by atoms with E-state index < -0.39 is 66.0 Å². The Morgan fingerprint density at radius 2 is 1.02 bits per heavy atom. The molecule has 0 unspecified atom stereocenters. The number of rotatable bonds is 4. The average Bonchev–Trinajstić information content (AvgIpc) is 3.68. The van der Waals surface area contributed by atoms with E-state index in [0.29, 0.717) is 5.56 Å². The Hall–Kier alpha value is -6.44. The van der Waals surface area contributed by atoms with E-state index >= 15 is 0 Å². The van der Waals surface area contributed by atoms with Crippen LogP contribution in [0.25, 0.3) is 98.8 Å². The molecule has 0 spiro atoms. The van der Waals surface area contributed by atoms with E-state index in [1.165, 1.54) is 0 Å². The van der Waals surface area contributed by atoms with Gasteiger partial charge in [-0.15, -0.1) is 0 Å². The van der Waals surface area contributed by atoms with Crippen LogP contribution in [-0.4, -0.2) is 0 Å². The molecule has 0 aliphatic carbocycles. The van der Waals surface area contributed by atoms with Gasteiger partial charge in [0.25, 0.3) is 0 Å². The molecule has 228 valence electrons. The highest BCUT2D eigenvalue weighted by Gasteiger charge is 2.21. The number of benzene rings is 9. The van der Waals surface area contributed by atoms with E-state index in [-0.39, 0.29) is 39.1 Å². The van der Waals surface area contributed by atoms with Crippen molar-refractivity contribution in [2.75, 3.05) is 0 Å².